The van der Waals surface area contributed by atoms with Gasteiger partial charge in [0.15, 0.2) is 10.3 Å². The van der Waals surface area contributed by atoms with Crippen molar-refractivity contribution >= 4 is 45.0 Å². The first-order valence-electron chi connectivity index (χ1n) is 9.67. The molecule has 3 N–H and O–H groups in total. The lowest BCUT2D eigenvalue weighted by atomic mass is 10.3. The molecule has 1 amide bonds. The third-order valence-electron chi connectivity index (χ3n) is 4.54. The summed E-state index contributed by atoms with van der Waals surface area (Å²) in [6.07, 6.45) is 1.09. The molecule has 0 aliphatic carbocycles. The second kappa shape index (κ2) is 10.2. The predicted octanol–water partition coefficient (Wildman–Crippen LogP) is 1.91. The Morgan fingerprint density at radius 2 is 2.00 bits per heavy atom. The number of rotatable bonds is 3. The van der Waals surface area contributed by atoms with E-state index in [9.17, 15) is 18.0 Å². The van der Waals surface area contributed by atoms with Gasteiger partial charge in [-0.25, -0.2) is 14.3 Å². The molecule has 0 saturated carbocycles. The second-order valence-electron chi connectivity index (χ2n) is 6.97. The number of hydrogen-bond acceptors (Lipinski definition) is 7. The van der Waals surface area contributed by atoms with E-state index in [4.69, 9.17) is 14.9 Å². The summed E-state index contributed by atoms with van der Waals surface area (Å²) in [5.41, 5.74) is 1.57. The Bertz CT molecular complexity index is 1140. The first-order chi connectivity index (χ1) is 15.6. The first-order valence-corrected chi connectivity index (χ1v) is 10.5. The molecule has 1 saturated heterocycles. The molecular formula is C18H20BrF3N8O3. The molecule has 1 aliphatic heterocycles. The molecule has 4 rings (SSSR count). The van der Waals surface area contributed by atoms with Gasteiger partial charge in [0.1, 0.15) is 11.4 Å². The summed E-state index contributed by atoms with van der Waals surface area (Å²) in [5.74, 6) is -2.17. The number of amides is 1. The molecule has 0 bridgehead atoms. The Hall–Kier alpha value is -3.20. The summed E-state index contributed by atoms with van der Waals surface area (Å²) in [7, 11) is 1.79. The zero-order valence-corrected chi connectivity index (χ0v) is 18.9. The number of aliphatic carboxylic acids is 1. The predicted molar refractivity (Wildman–Crippen MR) is 115 cm³/mol. The van der Waals surface area contributed by atoms with Crippen molar-refractivity contribution in [2.75, 3.05) is 36.4 Å². The maximum absolute atomic E-state index is 12.7. The number of hydrogen-bond donors (Lipinski definition) is 3. The molecule has 15 heteroatoms. The number of carboxylic acid groups (broad SMARTS) is 1. The number of nitrogens with one attached hydrogen (secondary N) is 2. The average molecular weight is 533 g/mol. The highest BCUT2D eigenvalue weighted by Crippen LogP contribution is 2.22. The maximum atomic E-state index is 12.7. The van der Waals surface area contributed by atoms with E-state index in [1.807, 2.05) is 12.3 Å². The van der Waals surface area contributed by atoms with Gasteiger partial charge in [-0.05, 0) is 35.0 Å². The van der Waals surface area contributed by atoms with Gasteiger partial charge in [0.25, 0.3) is 5.91 Å². The molecule has 11 nitrogen and oxygen atoms in total. The van der Waals surface area contributed by atoms with Crippen molar-refractivity contribution in [1.29, 1.82) is 0 Å². The zero-order chi connectivity index (χ0) is 24.2. The van der Waals surface area contributed by atoms with E-state index in [0.717, 1.165) is 38.4 Å². The van der Waals surface area contributed by atoms with E-state index < -0.39 is 12.1 Å². The summed E-state index contributed by atoms with van der Waals surface area (Å²) >= 11 is 3.33. The van der Waals surface area contributed by atoms with Gasteiger partial charge in [-0.2, -0.15) is 23.4 Å². The van der Waals surface area contributed by atoms with E-state index in [0.29, 0.717) is 21.5 Å². The number of halogens is 4. The van der Waals surface area contributed by atoms with Crippen molar-refractivity contribution < 1.29 is 27.9 Å². The Kier molecular flexibility index (Phi) is 7.53. The molecule has 178 valence electrons. The lowest BCUT2D eigenvalue weighted by Gasteiger charge is -2.20. The minimum Gasteiger partial charge on any atom is -0.475 e. The molecule has 3 aromatic rings. The van der Waals surface area contributed by atoms with Crippen LogP contribution in [0.4, 0.5) is 24.7 Å². The summed E-state index contributed by atoms with van der Waals surface area (Å²) in [6.45, 7) is 3.77. The number of aromatic nitrogens is 5. The summed E-state index contributed by atoms with van der Waals surface area (Å²) in [4.78, 5) is 28.5. The van der Waals surface area contributed by atoms with Crippen LogP contribution in [0.25, 0.3) is 5.65 Å². The fourth-order valence-corrected chi connectivity index (χ4v) is 3.46. The van der Waals surface area contributed by atoms with Crippen molar-refractivity contribution in [1.82, 2.24) is 29.7 Å². The van der Waals surface area contributed by atoms with Crippen LogP contribution in [0.2, 0.25) is 0 Å². The van der Waals surface area contributed by atoms with Crippen LogP contribution >= 0.6 is 15.9 Å². The molecule has 1 aliphatic rings. The highest BCUT2D eigenvalue weighted by atomic mass is 79.9. The van der Waals surface area contributed by atoms with E-state index in [2.05, 4.69) is 41.7 Å². The smallest absolute Gasteiger partial charge is 0.475 e. The van der Waals surface area contributed by atoms with E-state index in [1.54, 1.807) is 22.4 Å². The molecule has 33 heavy (non-hydrogen) atoms. The molecule has 0 radical (unpaired) electrons. The molecule has 0 atom stereocenters. The SMILES string of the molecule is Cn1cc(NC(=O)c2cnn3ccc(N4CCCNCC4)nc23)c(Br)n1.O=C(O)C(F)(F)F. The molecule has 4 heterocycles. The highest BCUT2D eigenvalue weighted by Gasteiger charge is 2.38. The van der Waals surface area contributed by atoms with E-state index >= 15 is 0 Å². The van der Waals surface area contributed by atoms with Crippen molar-refractivity contribution in [3.8, 4) is 0 Å². The summed E-state index contributed by atoms with van der Waals surface area (Å²) in [6, 6.07) is 1.94. The van der Waals surface area contributed by atoms with Crippen LogP contribution in [-0.2, 0) is 11.8 Å². The van der Waals surface area contributed by atoms with Crippen molar-refractivity contribution in [3.63, 3.8) is 0 Å². The zero-order valence-electron chi connectivity index (χ0n) is 17.3. The van der Waals surface area contributed by atoms with Crippen LogP contribution in [0.5, 0.6) is 0 Å². The standard InChI is InChI=1S/C16H19BrN8O.C2HF3O2/c1-23-10-12(14(17)22-23)20-16(26)11-9-19-25-7-3-13(21-15(11)25)24-6-2-4-18-5-8-24;3-2(4,5)1(6)7/h3,7,9-10,18H,2,4-6,8H2,1H3,(H,20,26);(H,6,7). The van der Waals surface area contributed by atoms with Gasteiger partial charge in [-0.3, -0.25) is 9.48 Å². The molecule has 0 unspecified atom stereocenters. The molecule has 1 fully saturated rings. The summed E-state index contributed by atoms with van der Waals surface area (Å²) < 4.78 is 35.6. The Balaban J connectivity index is 0.000000383. The van der Waals surface area contributed by atoms with Gasteiger partial charge in [-0.1, -0.05) is 0 Å². The number of carboxylic acids is 1. The molecule has 0 spiro atoms. The third-order valence-corrected chi connectivity index (χ3v) is 5.12. The lowest BCUT2D eigenvalue weighted by Crippen LogP contribution is -2.28. The quantitative estimate of drug-likeness (QED) is 0.466. The number of fused-ring (bicyclic) bond motifs is 1. The fourth-order valence-electron chi connectivity index (χ4n) is 3.01. The Labute approximate surface area is 193 Å². The number of aryl methyl sites for hydroxylation is 1. The second-order valence-corrected chi connectivity index (χ2v) is 7.72. The van der Waals surface area contributed by atoms with Crippen LogP contribution in [0.3, 0.4) is 0 Å². The van der Waals surface area contributed by atoms with Crippen LogP contribution in [0.15, 0.2) is 29.3 Å². The van der Waals surface area contributed by atoms with Crippen LogP contribution in [0, 0.1) is 0 Å². The van der Waals surface area contributed by atoms with Crippen LogP contribution in [-0.4, -0.2) is 73.7 Å². The monoisotopic (exact) mass is 532 g/mol. The largest absolute Gasteiger partial charge is 0.490 e. The minimum absolute atomic E-state index is 0.268. The van der Waals surface area contributed by atoms with Gasteiger partial charge in [0.05, 0.1) is 11.9 Å². The van der Waals surface area contributed by atoms with Crippen LogP contribution < -0.4 is 15.5 Å². The Morgan fingerprint density at radius 1 is 1.27 bits per heavy atom. The van der Waals surface area contributed by atoms with E-state index in [1.165, 1.54) is 6.20 Å². The maximum Gasteiger partial charge on any atom is 0.490 e. The van der Waals surface area contributed by atoms with Gasteiger partial charge < -0.3 is 20.6 Å². The molecule has 3 aromatic heterocycles. The van der Waals surface area contributed by atoms with Crippen molar-refractivity contribution in [3.05, 3.63) is 34.8 Å². The fraction of sp³-hybridized carbons (Fsp3) is 0.389. The Morgan fingerprint density at radius 3 is 2.64 bits per heavy atom. The van der Waals surface area contributed by atoms with Crippen molar-refractivity contribution in [2.45, 2.75) is 12.6 Å². The third kappa shape index (κ3) is 6.19. The topological polar surface area (TPSA) is 130 Å². The van der Waals surface area contributed by atoms with Gasteiger partial charge in [0, 0.05) is 39.1 Å². The van der Waals surface area contributed by atoms with Crippen LogP contribution in [0.1, 0.15) is 16.8 Å². The van der Waals surface area contributed by atoms with Gasteiger partial charge in [0.2, 0.25) is 0 Å². The number of anilines is 2. The highest BCUT2D eigenvalue weighted by molar-refractivity contribution is 9.10. The normalized spacial score (nSPS) is 14.4. The van der Waals surface area contributed by atoms with Gasteiger partial charge in [-0.15, -0.1) is 0 Å². The minimum atomic E-state index is -5.08. The number of carbonyl (C=O) groups is 2. The number of alkyl halides is 3. The molecule has 0 aromatic carbocycles. The first kappa shape index (κ1) is 24.4. The summed E-state index contributed by atoms with van der Waals surface area (Å²) in [5, 5.41) is 21.8. The van der Waals surface area contributed by atoms with E-state index in [-0.39, 0.29) is 5.91 Å². The number of carbonyl (C=O) groups excluding carboxylic acids is 1. The van der Waals surface area contributed by atoms with Gasteiger partial charge >= 0.3 is 12.1 Å². The lowest BCUT2D eigenvalue weighted by molar-refractivity contribution is -0.192. The number of nitrogens with zero attached hydrogens (tertiary/aromatic N) is 6. The van der Waals surface area contributed by atoms with Crippen molar-refractivity contribution in [2.24, 2.45) is 7.05 Å². The molecular weight excluding hydrogens is 513 g/mol. The average Bonchev–Trinajstić information content (AvgIpc) is 3.17.